The van der Waals surface area contributed by atoms with Crippen LogP contribution < -0.4 is 5.32 Å². The first kappa shape index (κ1) is 13.5. The van der Waals surface area contributed by atoms with Gasteiger partial charge in [0, 0.05) is 32.2 Å². The van der Waals surface area contributed by atoms with Crippen molar-refractivity contribution in [2.24, 2.45) is 5.92 Å². The molecule has 5 nitrogen and oxygen atoms in total. The lowest BCUT2D eigenvalue weighted by atomic mass is 10.0. The van der Waals surface area contributed by atoms with Gasteiger partial charge in [-0.2, -0.15) is 5.10 Å². The fourth-order valence-electron chi connectivity index (χ4n) is 2.64. The van der Waals surface area contributed by atoms with Crippen molar-refractivity contribution >= 4 is 0 Å². The van der Waals surface area contributed by atoms with Gasteiger partial charge < -0.3 is 5.32 Å². The fraction of sp³-hybridized carbons (Fsp3) is 0.846. The smallest absolute Gasteiger partial charge is 0.140 e. The second-order valence-corrected chi connectivity index (χ2v) is 5.51. The molecule has 1 N–H and O–H groups in total. The molecule has 1 fully saturated rings. The highest BCUT2D eigenvalue weighted by Gasteiger charge is 2.21. The molecule has 5 heteroatoms. The molecule has 1 aliphatic heterocycles. The van der Waals surface area contributed by atoms with E-state index in [4.69, 9.17) is 0 Å². The predicted octanol–water partition coefficient (Wildman–Crippen LogP) is 1.12. The number of rotatable bonds is 5. The fourth-order valence-corrected chi connectivity index (χ4v) is 2.64. The maximum atomic E-state index is 4.36. The van der Waals surface area contributed by atoms with Gasteiger partial charge in [-0.3, -0.25) is 4.90 Å². The van der Waals surface area contributed by atoms with Gasteiger partial charge in [-0.1, -0.05) is 13.8 Å². The highest BCUT2D eigenvalue weighted by Crippen LogP contribution is 2.11. The van der Waals surface area contributed by atoms with Crippen LogP contribution in [0.3, 0.4) is 0 Å². The Hall–Kier alpha value is -0.940. The van der Waals surface area contributed by atoms with Crippen LogP contribution in [-0.4, -0.2) is 45.3 Å². The topological polar surface area (TPSA) is 46.0 Å². The zero-order valence-corrected chi connectivity index (χ0v) is 11.8. The molecule has 1 aromatic heterocycles. The van der Waals surface area contributed by atoms with Crippen LogP contribution in [0.15, 0.2) is 6.33 Å². The van der Waals surface area contributed by atoms with Crippen molar-refractivity contribution < 1.29 is 0 Å². The molecule has 0 aromatic carbocycles. The average Bonchev–Trinajstić information content (AvgIpc) is 2.76. The maximum Gasteiger partial charge on any atom is 0.140 e. The second kappa shape index (κ2) is 6.29. The minimum atomic E-state index is 0.622. The van der Waals surface area contributed by atoms with E-state index in [-0.39, 0.29) is 0 Å². The van der Waals surface area contributed by atoms with Gasteiger partial charge in [0.05, 0.1) is 6.54 Å². The summed E-state index contributed by atoms with van der Waals surface area (Å²) in [5.41, 5.74) is 0. The minimum absolute atomic E-state index is 0.622. The molecule has 0 saturated carbocycles. The van der Waals surface area contributed by atoms with E-state index < -0.39 is 0 Å². The average molecular weight is 251 g/mol. The second-order valence-electron chi connectivity index (χ2n) is 5.51. The number of piperazine rings is 1. The molecule has 1 aliphatic rings. The molecular formula is C13H25N5. The molecule has 18 heavy (non-hydrogen) atoms. The van der Waals surface area contributed by atoms with Crippen LogP contribution in [0.25, 0.3) is 0 Å². The van der Waals surface area contributed by atoms with Crippen LogP contribution >= 0.6 is 0 Å². The van der Waals surface area contributed by atoms with Crippen molar-refractivity contribution in [1.82, 2.24) is 25.0 Å². The third-order valence-electron chi connectivity index (χ3n) is 3.46. The van der Waals surface area contributed by atoms with Crippen molar-refractivity contribution in [2.75, 3.05) is 19.6 Å². The number of nitrogens with one attached hydrogen (secondary N) is 1. The SMILES string of the molecule is CCn1ncnc1CN1CCNC(CC(C)C)C1. The normalized spacial score (nSPS) is 21.7. The monoisotopic (exact) mass is 251 g/mol. The molecule has 102 valence electrons. The molecule has 0 bridgehead atoms. The van der Waals surface area contributed by atoms with Crippen molar-refractivity contribution in [2.45, 2.75) is 46.3 Å². The highest BCUT2D eigenvalue weighted by atomic mass is 15.3. The summed E-state index contributed by atoms with van der Waals surface area (Å²) in [7, 11) is 0. The van der Waals surface area contributed by atoms with E-state index in [1.54, 1.807) is 6.33 Å². The van der Waals surface area contributed by atoms with Crippen LogP contribution in [0.1, 0.15) is 33.0 Å². The molecule has 0 spiro atoms. The summed E-state index contributed by atoms with van der Waals surface area (Å²) in [5.74, 6) is 1.84. The van der Waals surface area contributed by atoms with Crippen LogP contribution in [-0.2, 0) is 13.1 Å². The molecule has 2 rings (SSSR count). The third-order valence-corrected chi connectivity index (χ3v) is 3.46. The largest absolute Gasteiger partial charge is 0.311 e. The first-order chi connectivity index (χ1) is 8.69. The van der Waals surface area contributed by atoms with E-state index >= 15 is 0 Å². The van der Waals surface area contributed by atoms with Crippen molar-refractivity contribution in [3.05, 3.63) is 12.2 Å². The van der Waals surface area contributed by atoms with Gasteiger partial charge in [0.15, 0.2) is 0 Å². The Morgan fingerprint density at radius 1 is 1.50 bits per heavy atom. The van der Waals surface area contributed by atoms with Crippen LogP contribution in [0.4, 0.5) is 0 Å². The van der Waals surface area contributed by atoms with Crippen LogP contribution in [0, 0.1) is 5.92 Å². The lowest BCUT2D eigenvalue weighted by Crippen LogP contribution is -2.50. The van der Waals surface area contributed by atoms with Gasteiger partial charge >= 0.3 is 0 Å². The molecular weight excluding hydrogens is 226 g/mol. The molecule has 2 heterocycles. The van der Waals surface area contributed by atoms with Gasteiger partial charge in [0.25, 0.3) is 0 Å². The van der Waals surface area contributed by atoms with Gasteiger partial charge in [-0.25, -0.2) is 9.67 Å². The summed E-state index contributed by atoms with van der Waals surface area (Å²) in [6, 6.07) is 0.622. The molecule has 0 aliphatic carbocycles. The Balaban J connectivity index is 1.89. The maximum absolute atomic E-state index is 4.36. The summed E-state index contributed by atoms with van der Waals surface area (Å²) in [6.07, 6.45) is 2.91. The summed E-state index contributed by atoms with van der Waals surface area (Å²) < 4.78 is 1.99. The predicted molar refractivity (Wildman–Crippen MR) is 72.2 cm³/mol. The van der Waals surface area contributed by atoms with Gasteiger partial charge in [0.1, 0.15) is 12.2 Å². The Morgan fingerprint density at radius 2 is 2.33 bits per heavy atom. The number of aromatic nitrogens is 3. The Bertz CT molecular complexity index is 360. The van der Waals surface area contributed by atoms with Crippen LogP contribution in [0.5, 0.6) is 0 Å². The Kier molecular flexibility index (Phi) is 4.72. The first-order valence-electron chi connectivity index (χ1n) is 7.01. The zero-order valence-electron chi connectivity index (χ0n) is 11.8. The van der Waals surface area contributed by atoms with Crippen molar-refractivity contribution in [3.63, 3.8) is 0 Å². The highest BCUT2D eigenvalue weighted by molar-refractivity contribution is 4.88. The van der Waals surface area contributed by atoms with Crippen molar-refractivity contribution in [3.8, 4) is 0 Å². The number of nitrogens with zero attached hydrogens (tertiary/aromatic N) is 4. The Labute approximate surface area is 110 Å². The number of aryl methyl sites for hydroxylation is 1. The van der Waals surface area contributed by atoms with E-state index in [9.17, 15) is 0 Å². The van der Waals surface area contributed by atoms with Gasteiger partial charge in [-0.05, 0) is 19.3 Å². The lowest BCUT2D eigenvalue weighted by Gasteiger charge is -2.34. The van der Waals surface area contributed by atoms with E-state index in [2.05, 4.69) is 41.1 Å². The summed E-state index contributed by atoms with van der Waals surface area (Å²) in [5, 5.41) is 7.83. The number of hydrogen-bond donors (Lipinski definition) is 1. The van der Waals surface area contributed by atoms with Crippen LogP contribution in [0.2, 0.25) is 0 Å². The summed E-state index contributed by atoms with van der Waals surface area (Å²) in [6.45, 7) is 11.8. The van der Waals surface area contributed by atoms with E-state index in [1.165, 1.54) is 6.42 Å². The van der Waals surface area contributed by atoms with Crippen molar-refractivity contribution in [1.29, 1.82) is 0 Å². The Morgan fingerprint density at radius 3 is 3.06 bits per heavy atom. The number of hydrogen-bond acceptors (Lipinski definition) is 4. The molecule has 0 amide bonds. The molecule has 1 unspecified atom stereocenters. The van der Waals surface area contributed by atoms with E-state index in [0.717, 1.165) is 44.5 Å². The van der Waals surface area contributed by atoms with E-state index in [0.29, 0.717) is 6.04 Å². The summed E-state index contributed by atoms with van der Waals surface area (Å²) in [4.78, 5) is 6.84. The quantitative estimate of drug-likeness (QED) is 0.852. The molecule has 1 atom stereocenters. The van der Waals surface area contributed by atoms with E-state index in [1.807, 2.05) is 4.68 Å². The van der Waals surface area contributed by atoms with Gasteiger partial charge in [-0.15, -0.1) is 0 Å². The first-order valence-corrected chi connectivity index (χ1v) is 7.01. The zero-order chi connectivity index (χ0) is 13.0. The minimum Gasteiger partial charge on any atom is -0.311 e. The molecule has 1 saturated heterocycles. The van der Waals surface area contributed by atoms with Gasteiger partial charge in [0.2, 0.25) is 0 Å². The third kappa shape index (κ3) is 3.53. The molecule has 1 aromatic rings. The standard InChI is InChI=1S/C13H25N5/c1-4-18-13(15-10-16-18)9-17-6-5-14-12(8-17)7-11(2)3/h10-12,14H,4-9H2,1-3H3. The lowest BCUT2D eigenvalue weighted by molar-refractivity contribution is 0.174. The molecule has 0 radical (unpaired) electrons. The summed E-state index contributed by atoms with van der Waals surface area (Å²) >= 11 is 0.